The number of carbonyl (C=O) groups excluding carboxylic acids is 1. The second kappa shape index (κ2) is 6.20. The van der Waals surface area contributed by atoms with Crippen molar-refractivity contribution in [1.82, 2.24) is 9.55 Å². The van der Waals surface area contributed by atoms with Crippen LogP contribution in [0.3, 0.4) is 0 Å². The molecule has 0 spiro atoms. The molecule has 28 heavy (non-hydrogen) atoms. The summed E-state index contributed by atoms with van der Waals surface area (Å²) in [6.45, 7) is 5.73. The number of carbonyl (C=O) groups is 1. The van der Waals surface area contributed by atoms with Gasteiger partial charge in [-0.25, -0.2) is 9.37 Å². The molecule has 0 unspecified atom stereocenters. The number of nitrogens with zero attached hydrogens (tertiary/aromatic N) is 2. The number of para-hydroxylation sites is 1. The van der Waals surface area contributed by atoms with E-state index < -0.39 is 22.9 Å². The van der Waals surface area contributed by atoms with Gasteiger partial charge in [0.15, 0.2) is 17.3 Å². The fraction of sp³-hybridized carbons (Fsp3) is 0.300. The molecule has 3 N–H and O–H groups in total. The van der Waals surface area contributed by atoms with Gasteiger partial charge in [-0.1, -0.05) is 6.07 Å². The molecule has 0 saturated carbocycles. The van der Waals surface area contributed by atoms with Gasteiger partial charge in [0, 0.05) is 6.92 Å². The number of ether oxygens (including phenoxy) is 1. The predicted octanol–water partition coefficient (Wildman–Crippen LogP) is 3.27. The number of amides is 1. The van der Waals surface area contributed by atoms with Gasteiger partial charge in [0.25, 0.3) is 0 Å². The lowest BCUT2D eigenvalue weighted by Crippen LogP contribution is -2.49. The SMILES string of the molecule is CC(=O)Nc1cccc2nc(-c3cc(C)c(O)c(O)c3F)n(C3(C)COC3)c12. The van der Waals surface area contributed by atoms with E-state index in [0.29, 0.717) is 35.5 Å². The van der Waals surface area contributed by atoms with Gasteiger partial charge in [0.2, 0.25) is 5.91 Å². The Bertz CT molecular complexity index is 1120. The highest BCUT2D eigenvalue weighted by Gasteiger charge is 2.40. The molecule has 8 heteroatoms. The zero-order chi connectivity index (χ0) is 20.2. The van der Waals surface area contributed by atoms with E-state index in [1.807, 2.05) is 11.5 Å². The second-order valence-corrected chi connectivity index (χ2v) is 7.37. The molecule has 1 aromatic heterocycles. The van der Waals surface area contributed by atoms with E-state index in [2.05, 4.69) is 10.3 Å². The van der Waals surface area contributed by atoms with Crippen LogP contribution < -0.4 is 5.32 Å². The van der Waals surface area contributed by atoms with Gasteiger partial charge in [-0.05, 0) is 37.6 Å². The van der Waals surface area contributed by atoms with Gasteiger partial charge in [-0.3, -0.25) is 4.79 Å². The lowest BCUT2D eigenvalue weighted by atomic mass is 9.98. The van der Waals surface area contributed by atoms with Gasteiger partial charge < -0.3 is 24.8 Å². The molecule has 1 aliphatic rings. The summed E-state index contributed by atoms with van der Waals surface area (Å²) in [7, 11) is 0. The Morgan fingerprint density at radius 2 is 2.04 bits per heavy atom. The summed E-state index contributed by atoms with van der Waals surface area (Å²) in [5.41, 5.74) is 1.64. The summed E-state index contributed by atoms with van der Waals surface area (Å²) in [5, 5.41) is 22.6. The molecule has 3 aromatic rings. The highest BCUT2D eigenvalue weighted by Crippen LogP contribution is 2.42. The molecular weight excluding hydrogens is 365 g/mol. The number of imidazole rings is 1. The quantitative estimate of drug-likeness (QED) is 0.602. The molecule has 2 aromatic carbocycles. The maximum Gasteiger partial charge on any atom is 0.221 e. The number of aryl methyl sites for hydroxylation is 1. The maximum atomic E-state index is 14.9. The molecule has 1 amide bonds. The zero-order valence-electron chi connectivity index (χ0n) is 15.7. The van der Waals surface area contributed by atoms with Crippen molar-refractivity contribution < 1.29 is 24.1 Å². The Hall–Kier alpha value is -3.13. The van der Waals surface area contributed by atoms with Crippen LogP contribution in [0.25, 0.3) is 22.4 Å². The van der Waals surface area contributed by atoms with Crippen LogP contribution in [-0.4, -0.2) is 38.9 Å². The Morgan fingerprint density at radius 1 is 1.32 bits per heavy atom. The van der Waals surface area contributed by atoms with Crippen LogP contribution in [0.4, 0.5) is 10.1 Å². The number of halogens is 1. The first-order valence-electron chi connectivity index (χ1n) is 8.81. The van der Waals surface area contributed by atoms with E-state index >= 15 is 0 Å². The monoisotopic (exact) mass is 385 g/mol. The molecule has 2 heterocycles. The summed E-state index contributed by atoms with van der Waals surface area (Å²) in [4.78, 5) is 16.3. The number of rotatable bonds is 3. The fourth-order valence-electron chi connectivity index (χ4n) is 3.58. The van der Waals surface area contributed by atoms with Crippen molar-refractivity contribution >= 4 is 22.6 Å². The van der Waals surface area contributed by atoms with Gasteiger partial charge >= 0.3 is 0 Å². The van der Waals surface area contributed by atoms with E-state index in [4.69, 9.17) is 4.74 Å². The minimum atomic E-state index is -0.954. The second-order valence-electron chi connectivity index (χ2n) is 7.37. The van der Waals surface area contributed by atoms with Crippen molar-refractivity contribution in [2.45, 2.75) is 26.3 Å². The molecule has 1 fully saturated rings. The number of hydrogen-bond acceptors (Lipinski definition) is 5. The summed E-state index contributed by atoms with van der Waals surface area (Å²) in [6, 6.07) is 6.73. The van der Waals surface area contributed by atoms with Crippen LogP contribution in [0.5, 0.6) is 11.5 Å². The van der Waals surface area contributed by atoms with Crippen molar-refractivity contribution in [2.75, 3.05) is 18.5 Å². The van der Waals surface area contributed by atoms with Crippen LogP contribution in [0.15, 0.2) is 24.3 Å². The normalized spacial score (nSPS) is 15.4. The van der Waals surface area contributed by atoms with Crippen molar-refractivity contribution in [3.63, 3.8) is 0 Å². The van der Waals surface area contributed by atoms with Crippen molar-refractivity contribution in [3.8, 4) is 22.9 Å². The smallest absolute Gasteiger partial charge is 0.221 e. The minimum Gasteiger partial charge on any atom is -0.504 e. The largest absolute Gasteiger partial charge is 0.504 e. The predicted molar refractivity (Wildman–Crippen MR) is 102 cm³/mol. The number of hydrogen-bond donors (Lipinski definition) is 3. The number of anilines is 1. The molecule has 0 bridgehead atoms. The van der Waals surface area contributed by atoms with E-state index in [-0.39, 0.29) is 17.3 Å². The number of aromatic nitrogens is 2. The standard InChI is InChI=1S/C20H20FN3O4/c1-10-7-12(15(21)18(27)17(10)26)19-23-14-6-4-5-13(22-11(2)25)16(14)24(19)20(3)8-28-9-20/h4-7,26-27H,8-9H2,1-3H3,(H,22,25). The average Bonchev–Trinajstić information content (AvgIpc) is 3.01. The molecule has 0 atom stereocenters. The van der Waals surface area contributed by atoms with Crippen molar-refractivity contribution in [1.29, 1.82) is 0 Å². The molecule has 7 nitrogen and oxygen atoms in total. The third kappa shape index (κ3) is 2.60. The first kappa shape index (κ1) is 18.2. The van der Waals surface area contributed by atoms with Crippen LogP contribution in [0.1, 0.15) is 19.4 Å². The Morgan fingerprint density at radius 3 is 2.64 bits per heavy atom. The minimum absolute atomic E-state index is 0.0610. The van der Waals surface area contributed by atoms with E-state index in [1.165, 1.54) is 13.0 Å². The van der Waals surface area contributed by atoms with Gasteiger partial charge in [0.1, 0.15) is 5.82 Å². The fourth-order valence-corrected chi connectivity index (χ4v) is 3.58. The first-order chi connectivity index (χ1) is 13.2. The third-order valence-electron chi connectivity index (χ3n) is 5.00. The third-order valence-corrected chi connectivity index (χ3v) is 5.00. The molecular formula is C20H20FN3O4. The molecule has 0 aliphatic carbocycles. The molecule has 4 rings (SSSR count). The lowest BCUT2D eigenvalue weighted by Gasteiger charge is -2.41. The highest BCUT2D eigenvalue weighted by atomic mass is 19.1. The number of benzene rings is 2. The summed E-state index contributed by atoms with van der Waals surface area (Å²) >= 11 is 0. The number of fused-ring (bicyclic) bond motifs is 1. The Labute approximate surface area is 160 Å². The summed E-state index contributed by atoms with van der Waals surface area (Å²) in [5.74, 6) is -2.22. The van der Waals surface area contributed by atoms with Gasteiger partial charge in [-0.15, -0.1) is 0 Å². The van der Waals surface area contributed by atoms with Crippen LogP contribution in [0.2, 0.25) is 0 Å². The van der Waals surface area contributed by atoms with Crippen LogP contribution >= 0.6 is 0 Å². The van der Waals surface area contributed by atoms with E-state index in [1.54, 1.807) is 25.1 Å². The topological polar surface area (TPSA) is 96.6 Å². The zero-order valence-corrected chi connectivity index (χ0v) is 15.7. The number of phenols is 2. The average molecular weight is 385 g/mol. The molecule has 146 valence electrons. The molecule has 0 radical (unpaired) electrons. The Balaban J connectivity index is 2.08. The van der Waals surface area contributed by atoms with Gasteiger partial charge in [0.05, 0.1) is 41.0 Å². The number of nitrogens with one attached hydrogen (secondary N) is 1. The molecule has 1 aliphatic heterocycles. The van der Waals surface area contributed by atoms with Gasteiger partial charge in [-0.2, -0.15) is 0 Å². The van der Waals surface area contributed by atoms with Crippen LogP contribution in [0, 0.1) is 12.7 Å². The van der Waals surface area contributed by atoms with E-state index in [9.17, 15) is 19.4 Å². The Kier molecular flexibility index (Phi) is 4.04. The highest BCUT2D eigenvalue weighted by molar-refractivity contribution is 6.00. The first-order valence-corrected chi connectivity index (χ1v) is 8.81. The molecule has 1 saturated heterocycles. The summed E-state index contributed by atoms with van der Waals surface area (Å²) < 4.78 is 22.1. The maximum absolute atomic E-state index is 14.9. The van der Waals surface area contributed by atoms with Crippen LogP contribution in [-0.2, 0) is 15.1 Å². The van der Waals surface area contributed by atoms with Crippen molar-refractivity contribution in [2.24, 2.45) is 0 Å². The van der Waals surface area contributed by atoms with Crippen molar-refractivity contribution in [3.05, 3.63) is 35.6 Å². The summed E-state index contributed by atoms with van der Waals surface area (Å²) in [6.07, 6.45) is 0. The lowest BCUT2D eigenvalue weighted by molar-refractivity contribution is -0.114. The van der Waals surface area contributed by atoms with E-state index in [0.717, 1.165) is 0 Å². The number of aromatic hydroxyl groups is 2. The number of phenolic OH excluding ortho intramolecular Hbond substituents is 2.